The number of aryl methyl sites for hydroxylation is 1. The van der Waals surface area contributed by atoms with E-state index in [2.05, 4.69) is 69.5 Å². The molecule has 0 aromatic heterocycles. The largest absolute Gasteiger partial charge is 0.160 e. The Kier molecular flexibility index (Phi) is 5.41. The first kappa shape index (κ1) is 13.1. The highest BCUT2D eigenvalue weighted by atomic mass is 32.2. The fourth-order valence-electron chi connectivity index (χ4n) is 1.49. The summed E-state index contributed by atoms with van der Waals surface area (Å²) in [7, 11) is 0.193. The second-order valence-electron chi connectivity index (χ2n) is 3.83. The van der Waals surface area contributed by atoms with Gasteiger partial charge in [-0.1, -0.05) is 30.7 Å². The fraction of sp³-hybridized carbons (Fsp3) is 0.333. The highest BCUT2D eigenvalue weighted by molar-refractivity contribution is 8.00. The van der Waals surface area contributed by atoms with Crippen LogP contribution in [-0.2, 0) is 10.9 Å². The van der Waals surface area contributed by atoms with Gasteiger partial charge in [-0.25, -0.2) is 0 Å². The monoisotopic (exact) mass is 233 g/mol. The zero-order valence-corrected chi connectivity index (χ0v) is 11.5. The number of rotatable bonds is 4. The summed E-state index contributed by atoms with van der Waals surface area (Å²) in [6, 6.07) is 8.86. The van der Waals surface area contributed by atoms with Crippen molar-refractivity contribution in [2.24, 2.45) is 0 Å². The van der Waals surface area contributed by atoms with Crippen LogP contribution in [0.3, 0.4) is 0 Å². The predicted octanol–water partition coefficient (Wildman–Crippen LogP) is 4.47. The lowest BCUT2D eigenvalue weighted by Crippen LogP contribution is -2.01. The Bertz CT molecular complexity index is 371. The van der Waals surface area contributed by atoms with Gasteiger partial charge in [0.15, 0.2) is 9.80 Å². The molecule has 1 rings (SSSR count). The van der Waals surface area contributed by atoms with Crippen LogP contribution < -0.4 is 0 Å². The molecule has 1 aromatic carbocycles. The average molecular weight is 233 g/mol. The van der Waals surface area contributed by atoms with Gasteiger partial charge in [-0.2, -0.15) is 0 Å². The summed E-state index contributed by atoms with van der Waals surface area (Å²) in [5.41, 5.74) is 1.33. The van der Waals surface area contributed by atoms with E-state index in [1.54, 1.807) is 0 Å². The van der Waals surface area contributed by atoms with Crippen LogP contribution in [0.5, 0.6) is 0 Å². The second-order valence-corrected chi connectivity index (χ2v) is 5.79. The van der Waals surface area contributed by atoms with Gasteiger partial charge in [-0.3, -0.25) is 0 Å². The van der Waals surface area contributed by atoms with Crippen molar-refractivity contribution in [3.8, 4) is 0 Å². The molecule has 1 unspecified atom stereocenters. The topological polar surface area (TPSA) is 0 Å². The maximum atomic E-state index is 2.29. The number of allylic oxidation sites excluding steroid dienone is 3. The van der Waals surface area contributed by atoms with E-state index in [4.69, 9.17) is 0 Å². The normalized spacial score (nSPS) is 14.4. The first-order chi connectivity index (χ1) is 7.69. The van der Waals surface area contributed by atoms with Crippen molar-refractivity contribution in [1.82, 2.24) is 0 Å². The summed E-state index contributed by atoms with van der Waals surface area (Å²) in [5, 5.41) is 0. The van der Waals surface area contributed by atoms with Gasteiger partial charge in [0.25, 0.3) is 0 Å². The molecule has 0 radical (unpaired) electrons. The van der Waals surface area contributed by atoms with Crippen molar-refractivity contribution in [3.05, 3.63) is 53.0 Å². The van der Waals surface area contributed by atoms with Gasteiger partial charge in [0.2, 0.25) is 0 Å². The number of hydrogen-bond donors (Lipinski definition) is 0. The Labute approximate surface area is 102 Å². The van der Waals surface area contributed by atoms with Crippen LogP contribution in [-0.4, -0.2) is 6.26 Å². The van der Waals surface area contributed by atoms with E-state index in [0.717, 1.165) is 6.42 Å². The van der Waals surface area contributed by atoms with Crippen LogP contribution in [0.2, 0.25) is 0 Å². The van der Waals surface area contributed by atoms with E-state index in [9.17, 15) is 0 Å². The molecular formula is C15H21S+. The predicted molar refractivity (Wildman–Crippen MR) is 75.9 cm³/mol. The van der Waals surface area contributed by atoms with Crippen molar-refractivity contribution in [2.45, 2.75) is 32.1 Å². The quantitative estimate of drug-likeness (QED) is 0.531. The summed E-state index contributed by atoms with van der Waals surface area (Å²) in [6.07, 6.45) is 10.1. The average Bonchev–Trinajstić information content (AvgIpc) is 2.30. The van der Waals surface area contributed by atoms with Crippen molar-refractivity contribution in [1.29, 1.82) is 0 Å². The smallest absolute Gasteiger partial charge is 0.0798 e. The van der Waals surface area contributed by atoms with Crippen molar-refractivity contribution in [2.75, 3.05) is 6.26 Å². The third-order valence-corrected chi connectivity index (χ3v) is 4.59. The zero-order valence-electron chi connectivity index (χ0n) is 10.7. The van der Waals surface area contributed by atoms with E-state index in [-0.39, 0.29) is 10.9 Å². The molecule has 0 saturated heterocycles. The molecule has 1 heteroatoms. The van der Waals surface area contributed by atoms with E-state index >= 15 is 0 Å². The first-order valence-corrected chi connectivity index (χ1v) is 7.37. The molecule has 86 valence electrons. The molecule has 16 heavy (non-hydrogen) atoms. The standard InChI is InChI=1S/C15H21S/c1-5-7-8-14(6-2)16(4)15-11-9-13(3)10-12-15/h6-12H,5H2,1-4H3/q+1/b8-7-,14-6+. The van der Waals surface area contributed by atoms with Crippen molar-refractivity contribution in [3.63, 3.8) is 0 Å². The zero-order chi connectivity index (χ0) is 12.0. The molecule has 0 aliphatic heterocycles. The highest BCUT2D eigenvalue weighted by Crippen LogP contribution is 2.21. The summed E-state index contributed by atoms with van der Waals surface area (Å²) in [6.45, 7) is 6.42. The lowest BCUT2D eigenvalue weighted by molar-refractivity contribution is 1.22. The van der Waals surface area contributed by atoms with Gasteiger partial charge in [0.1, 0.15) is 6.26 Å². The van der Waals surface area contributed by atoms with E-state index in [1.807, 2.05) is 0 Å². The molecule has 0 bridgehead atoms. The molecule has 1 aromatic rings. The molecule has 0 heterocycles. The minimum Gasteiger partial charge on any atom is -0.0798 e. The van der Waals surface area contributed by atoms with E-state index in [1.165, 1.54) is 15.4 Å². The Balaban J connectivity index is 2.87. The van der Waals surface area contributed by atoms with Crippen LogP contribution in [0.25, 0.3) is 0 Å². The van der Waals surface area contributed by atoms with Gasteiger partial charge in [-0.15, -0.1) is 0 Å². The molecule has 0 aliphatic rings. The van der Waals surface area contributed by atoms with Crippen LogP contribution in [0.15, 0.2) is 52.3 Å². The van der Waals surface area contributed by atoms with Crippen molar-refractivity contribution >= 4 is 10.9 Å². The first-order valence-electron chi connectivity index (χ1n) is 5.74. The molecule has 0 saturated carbocycles. The van der Waals surface area contributed by atoms with Gasteiger partial charge in [0, 0.05) is 0 Å². The Morgan fingerprint density at radius 1 is 1.25 bits per heavy atom. The SMILES string of the molecule is C/C=C(\C=C/CC)[S+](C)c1ccc(C)cc1. The second kappa shape index (κ2) is 6.59. The lowest BCUT2D eigenvalue weighted by Gasteiger charge is -2.03. The minimum atomic E-state index is 0.193. The van der Waals surface area contributed by atoms with Crippen molar-refractivity contribution < 1.29 is 0 Å². The molecular weight excluding hydrogens is 212 g/mol. The van der Waals surface area contributed by atoms with E-state index < -0.39 is 0 Å². The highest BCUT2D eigenvalue weighted by Gasteiger charge is 2.18. The summed E-state index contributed by atoms with van der Waals surface area (Å²) >= 11 is 0. The van der Waals surface area contributed by atoms with Crippen LogP contribution in [0, 0.1) is 6.92 Å². The minimum absolute atomic E-state index is 0.193. The summed E-state index contributed by atoms with van der Waals surface area (Å²) < 4.78 is 0. The third-order valence-electron chi connectivity index (χ3n) is 2.53. The molecule has 1 atom stereocenters. The maximum Gasteiger partial charge on any atom is 0.160 e. The molecule has 0 amide bonds. The van der Waals surface area contributed by atoms with Gasteiger partial charge < -0.3 is 0 Å². The third kappa shape index (κ3) is 3.57. The van der Waals surface area contributed by atoms with Crippen LogP contribution in [0.1, 0.15) is 25.8 Å². The molecule has 0 N–H and O–H groups in total. The van der Waals surface area contributed by atoms with Gasteiger partial charge in [0.05, 0.1) is 10.9 Å². The Hall–Kier alpha value is -0.950. The fourth-order valence-corrected chi connectivity index (χ4v) is 2.96. The van der Waals surface area contributed by atoms with Crippen LogP contribution in [0.4, 0.5) is 0 Å². The molecule has 0 nitrogen and oxygen atoms in total. The molecule has 0 aliphatic carbocycles. The Morgan fingerprint density at radius 2 is 1.88 bits per heavy atom. The summed E-state index contributed by atoms with van der Waals surface area (Å²) in [4.78, 5) is 2.84. The number of benzene rings is 1. The summed E-state index contributed by atoms with van der Waals surface area (Å²) in [5.74, 6) is 0. The van der Waals surface area contributed by atoms with E-state index in [0.29, 0.717) is 0 Å². The number of hydrogen-bond acceptors (Lipinski definition) is 0. The van der Waals surface area contributed by atoms with Gasteiger partial charge in [-0.05, 0) is 44.6 Å². The molecule has 0 spiro atoms. The van der Waals surface area contributed by atoms with Gasteiger partial charge >= 0.3 is 0 Å². The molecule has 0 fully saturated rings. The van der Waals surface area contributed by atoms with Crippen LogP contribution >= 0.6 is 0 Å². The Morgan fingerprint density at radius 3 is 2.38 bits per heavy atom. The lowest BCUT2D eigenvalue weighted by atomic mass is 10.2. The maximum absolute atomic E-state index is 2.29.